The Morgan fingerprint density at radius 3 is 2.86 bits per heavy atom. The fraction of sp³-hybridized carbons (Fsp3) is 0.621. The number of hydrogen-bond acceptors (Lipinski definition) is 3. The normalized spacial score (nSPS) is 37.5. The minimum absolute atomic E-state index is 0.0686. The molecule has 7 atom stereocenters. The molecular weight excluding hydrogens is 472 g/mol. The van der Waals surface area contributed by atoms with Crippen LogP contribution in [0.5, 0.6) is 0 Å². The number of nitrogens with one attached hydrogen (secondary N) is 2. The SMILES string of the molecule is CN1C(=O)C=C[C@]2(C)[C@H]3CC[C@]4(C)[C@@H](CC(=O)NCc5nc6ccc(Cl)cc6[nH]5)CC[C@H]4[C@@H]3CC[C@@H]12. The van der Waals surface area contributed by atoms with Gasteiger partial charge in [-0.15, -0.1) is 0 Å². The Morgan fingerprint density at radius 1 is 1.19 bits per heavy atom. The third-order valence-electron chi connectivity index (χ3n) is 10.7. The minimum Gasteiger partial charge on any atom is -0.349 e. The fourth-order valence-electron chi connectivity index (χ4n) is 8.78. The van der Waals surface area contributed by atoms with Crippen molar-refractivity contribution in [3.05, 3.63) is 41.2 Å². The Morgan fingerprint density at radius 2 is 2.03 bits per heavy atom. The van der Waals surface area contributed by atoms with E-state index in [2.05, 4.69) is 35.2 Å². The molecule has 3 fully saturated rings. The van der Waals surface area contributed by atoms with Gasteiger partial charge in [-0.25, -0.2) is 4.98 Å². The van der Waals surface area contributed by atoms with Crippen LogP contribution in [-0.4, -0.2) is 39.8 Å². The smallest absolute Gasteiger partial charge is 0.246 e. The lowest BCUT2D eigenvalue weighted by Gasteiger charge is -2.60. The van der Waals surface area contributed by atoms with Gasteiger partial charge in [-0.2, -0.15) is 0 Å². The molecule has 2 N–H and O–H groups in total. The summed E-state index contributed by atoms with van der Waals surface area (Å²) in [5, 5.41) is 3.78. The van der Waals surface area contributed by atoms with Crippen LogP contribution in [0.25, 0.3) is 11.0 Å². The summed E-state index contributed by atoms with van der Waals surface area (Å²) in [5.74, 6) is 3.42. The van der Waals surface area contributed by atoms with Gasteiger partial charge in [0, 0.05) is 29.9 Å². The number of nitrogens with zero attached hydrogens (tertiary/aromatic N) is 2. The molecule has 1 aromatic carbocycles. The molecular formula is C29H37ClN4O2. The molecule has 6 rings (SSSR count). The number of hydrogen-bond donors (Lipinski definition) is 2. The summed E-state index contributed by atoms with van der Waals surface area (Å²) >= 11 is 6.08. The van der Waals surface area contributed by atoms with Crippen LogP contribution in [0.4, 0.5) is 0 Å². The Kier molecular flexibility index (Phi) is 5.75. The van der Waals surface area contributed by atoms with Crippen LogP contribution in [-0.2, 0) is 16.1 Å². The molecule has 0 radical (unpaired) electrons. The number of H-pyrrole nitrogens is 1. The standard InChI is InChI=1S/C29H37ClN4O2/c1-28-12-10-21-19(6-9-24-29(21,2)13-11-27(36)34(24)3)20(28)7-4-17(28)14-26(35)31-16-25-32-22-8-5-18(30)15-23(22)33-25/h5,8,11,13,15,17,19-21,24H,4,6-7,9-10,12,14,16H2,1-3H3,(H,31,35)(H,32,33)/t17-,19+,20+,21+,24-,28-,29-/m1/s1. The van der Waals surface area contributed by atoms with E-state index in [4.69, 9.17) is 11.6 Å². The fourth-order valence-corrected chi connectivity index (χ4v) is 8.95. The highest BCUT2D eigenvalue weighted by Gasteiger charge is 2.60. The number of benzene rings is 1. The van der Waals surface area contributed by atoms with Crippen molar-refractivity contribution in [1.29, 1.82) is 0 Å². The molecule has 0 spiro atoms. The second-order valence-electron chi connectivity index (χ2n) is 12.3. The van der Waals surface area contributed by atoms with Crippen LogP contribution in [0.3, 0.4) is 0 Å². The summed E-state index contributed by atoms with van der Waals surface area (Å²) in [7, 11) is 1.98. The van der Waals surface area contributed by atoms with Crippen molar-refractivity contribution in [3.63, 3.8) is 0 Å². The van der Waals surface area contributed by atoms with Gasteiger partial charge in [0.2, 0.25) is 11.8 Å². The number of imidazole rings is 1. The van der Waals surface area contributed by atoms with Gasteiger partial charge in [0.1, 0.15) is 5.82 Å². The Labute approximate surface area is 218 Å². The lowest BCUT2D eigenvalue weighted by Crippen LogP contribution is -2.59. The van der Waals surface area contributed by atoms with Gasteiger partial charge in [-0.05, 0) is 91.9 Å². The van der Waals surface area contributed by atoms with Crippen molar-refractivity contribution < 1.29 is 9.59 Å². The van der Waals surface area contributed by atoms with E-state index >= 15 is 0 Å². The first-order valence-electron chi connectivity index (χ1n) is 13.6. The highest BCUT2D eigenvalue weighted by molar-refractivity contribution is 6.31. The number of carbonyl (C=O) groups excluding carboxylic acids is 2. The van der Waals surface area contributed by atoms with E-state index in [-0.39, 0.29) is 22.6 Å². The number of carbonyl (C=O) groups is 2. The molecule has 4 aliphatic rings. The van der Waals surface area contributed by atoms with Crippen molar-refractivity contribution in [3.8, 4) is 0 Å². The number of fused-ring (bicyclic) bond motifs is 6. The van der Waals surface area contributed by atoms with Crippen LogP contribution in [0, 0.1) is 34.5 Å². The molecule has 3 aliphatic carbocycles. The first kappa shape index (κ1) is 24.0. The molecule has 0 unspecified atom stereocenters. The third kappa shape index (κ3) is 3.70. The monoisotopic (exact) mass is 508 g/mol. The van der Waals surface area contributed by atoms with Crippen LogP contribution in [0.15, 0.2) is 30.4 Å². The van der Waals surface area contributed by atoms with Gasteiger partial charge in [0.15, 0.2) is 0 Å². The molecule has 1 aliphatic heterocycles. The summed E-state index contributed by atoms with van der Waals surface area (Å²) in [6.07, 6.45) is 11.7. The zero-order valence-corrected chi connectivity index (χ0v) is 22.3. The van der Waals surface area contributed by atoms with Crippen molar-refractivity contribution in [2.24, 2.45) is 34.5 Å². The lowest BCUT2D eigenvalue weighted by molar-refractivity contribution is -0.139. The van der Waals surface area contributed by atoms with E-state index in [1.807, 2.05) is 36.2 Å². The van der Waals surface area contributed by atoms with E-state index in [1.54, 1.807) is 0 Å². The van der Waals surface area contributed by atoms with Crippen LogP contribution < -0.4 is 5.32 Å². The summed E-state index contributed by atoms with van der Waals surface area (Å²) in [6, 6.07) is 5.90. The van der Waals surface area contributed by atoms with Gasteiger partial charge >= 0.3 is 0 Å². The highest BCUT2D eigenvalue weighted by Crippen LogP contribution is 2.65. The van der Waals surface area contributed by atoms with E-state index in [0.717, 1.165) is 29.7 Å². The molecule has 2 amide bonds. The zero-order chi connectivity index (χ0) is 25.2. The average molecular weight is 509 g/mol. The van der Waals surface area contributed by atoms with Crippen molar-refractivity contribution in [2.45, 2.75) is 71.4 Å². The largest absolute Gasteiger partial charge is 0.349 e. The molecule has 6 nitrogen and oxygen atoms in total. The van der Waals surface area contributed by atoms with Crippen molar-refractivity contribution in [1.82, 2.24) is 20.2 Å². The van der Waals surface area contributed by atoms with Crippen molar-refractivity contribution >= 4 is 34.4 Å². The summed E-state index contributed by atoms with van der Waals surface area (Å²) in [6.45, 7) is 5.26. The van der Waals surface area contributed by atoms with Crippen LogP contribution in [0.1, 0.15) is 64.6 Å². The van der Waals surface area contributed by atoms with Gasteiger partial charge in [0.25, 0.3) is 0 Å². The predicted molar refractivity (Wildman–Crippen MR) is 141 cm³/mol. The molecule has 7 heteroatoms. The minimum atomic E-state index is 0.0686. The second-order valence-corrected chi connectivity index (χ2v) is 12.7. The number of likely N-dealkylation sites (N-methyl/N-ethyl adjacent to an activating group) is 1. The number of rotatable bonds is 4. The van der Waals surface area contributed by atoms with Crippen LogP contribution in [0.2, 0.25) is 5.02 Å². The zero-order valence-electron chi connectivity index (χ0n) is 21.5. The van der Waals surface area contributed by atoms with Crippen molar-refractivity contribution in [2.75, 3.05) is 7.05 Å². The molecule has 2 heterocycles. The molecule has 0 saturated heterocycles. The van der Waals surface area contributed by atoms with Gasteiger partial charge in [-0.1, -0.05) is 31.5 Å². The topological polar surface area (TPSA) is 78.1 Å². The molecule has 192 valence electrons. The van der Waals surface area contributed by atoms with E-state index in [9.17, 15) is 9.59 Å². The Hall–Kier alpha value is -2.34. The summed E-state index contributed by atoms with van der Waals surface area (Å²) in [5.41, 5.74) is 2.04. The van der Waals surface area contributed by atoms with Gasteiger partial charge in [-0.3, -0.25) is 9.59 Å². The maximum atomic E-state index is 13.0. The number of aromatic amines is 1. The Bertz CT molecular complexity index is 1240. The van der Waals surface area contributed by atoms with Crippen LogP contribution >= 0.6 is 11.6 Å². The average Bonchev–Trinajstić information content (AvgIpc) is 3.40. The number of aromatic nitrogens is 2. The maximum absolute atomic E-state index is 13.0. The second kappa shape index (κ2) is 8.61. The van der Waals surface area contributed by atoms with E-state index in [1.165, 1.54) is 25.7 Å². The van der Waals surface area contributed by atoms with E-state index < -0.39 is 0 Å². The first-order valence-corrected chi connectivity index (χ1v) is 13.9. The maximum Gasteiger partial charge on any atom is 0.246 e. The molecule has 36 heavy (non-hydrogen) atoms. The highest BCUT2D eigenvalue weighted by atomic mass is 35.5. The quantitative estimate of drug-likeness (QED) is 0.574. The lowest BCUT2D eigenvalue weighted by atomic mass is 9.47. The molecule has 1 aromatic heterocycles. The third-order valence-corrected chi connectivity index (χ3v) is 10.9. The Balaban J connectivity index is 1.12. The van der Waals surface area contributed by atoms with Gasteiger partial charge in [0.05, 0.1) is 17.6 Å². The predicted octanol–water partition coefficient (Wildman–Crippen LogP) is 5.48. The molecule has 2 aromatic rings. The number of amides is 2. The molecule has 3 saturated carbocycles. The van der Waals surface area contributed by atoms with Gasteiger partial charge < -0.3 is 15.2 Å². The summed E-state index contributed by atoms with van der Waals surface area (Å²) < 4.78 is 0. The first-order chi connectivity index (χ1) is 17.2. The number of halogens is 1. The molecule has 0 bridgehead atoms. The summed E-state index contributed by atoms with van der Waals surface area (Å²) in [4.78, 5) is 35.2. The van der Waals surface area contributed by atoms with E-state index in [0.29, 0.717) is 47.7 Å².